The number of rotatable bonds is 8. The average molecular weight is 512 g/mol. The van der Waals surface area contributed by atoms with Gasteiger partial charge in [0.2, 0.25) is 0 Å². The molecule has 1 saturated heterocycles. The maximum atomic E-state index is 5.73. The molecule has 1 aliphatic heterocycles. The molecule has 0 spiro atoms. The van der Waals surface area contributed by atoms with E-state index in [1.165, 1.54) is 5.56 Å². The number of nitrogens with one attached hydrogen (secondary N) is 2. The number of guanidine groups is 1. The van der Waals surface area contributed by atoms with Gasteiger partial charge < -0.3 is 19.9 Å². The van der Waals surface area contributed by atoms with Crippen LogP contribution in [0.15, 0.2) is 35.3 Å². The second-order valence-electron chi connectivity index (χ2n) is 7.47. The van der Waals surface area contributed by atoms with Gasteiger partial charge in [-0.1, -0.05) is 30.3 Å². The van der Waals surface area contributed by atoms with E-state index in [2.05, 4.69) is 58.1 Å². The van der Waals surface area contributed by atoms with Crippen LogP contribution in [-0.4, -0.2) is 46.0 Å². The lowest BCUT2D eigenvalue weighted by molar-refractivity contribution is 0.113. The molecule has 0 aliphatic carbocycles. The van der Waals surface area contributed by atoms with Crippen molar-refractivity contribution in [3.63, 3.8) is 0 Å². The standard InChI is InChI=1S/C21H32N6O.HI/c1-16(11-12-18-8-5-4-6-9-18)24-21(22-14-19-10-7-13-28-19)23-15-20-26-25-17(2)27(20)3;/h4-6,8-9,16,19H,7,10-15H2,1-3H3,(H2,22,23,24);1H. The van der Waals surface area contributed by atoms with E-state index in [9.17, 15) is 0 Å². The van der Waals surface area contributed by atoms with Gasteiger partial charge in [-0.2, -0.15) is 0 Å². The first-order chi connectivity index (χ1) is 13.6. The highest BCUT2D eigenvalue weighted by molar-refractivity contribution is 14.0. The molecule has 1 fully saturated rings. The highest BCUT2D eigenvalue weighted by atomic mass is 127. The molecule has 2 unspecified atom stereocenters. The lowest BCUT2D eigenvalue weighted by Crippen LogP contribution is -2.45. The maximum Gasteiger partial charge on any atom is 0.192 e. The number of aromatic nitrogens is 3. The lowest BCUT2D eigenvalue weighted by Gasteiger charge is -2.20. The third-order valence-corrected chi connectivity index (χ3v) is 5.17. The summed E-state index contributed by atoms with van der Waals surface area (Å²) in [6, 6.07) is 10.9. The van der Waals surface area contributed by atoms with Gasteiger partial charge >= 0.3 is 0 Å². The Balaban J connectivity index is 0.00000300. The van der Waals surface area contributed by atoms with E-state index in [1.807, 2.05) is 18.5 Å². The van der Waals surface area contributed by atoms with Crippen LogP contribution in [-0.2, 0) is 24.8 Å². The second kappa shape index (κ2) is 12.1. The van der Waals surface area contributed by atoms with Crippen molar-refractivity contribution in [2.75, 3.05) is 13.2 Å². The van der Waals surface area contributed by atoms with Crippen LogP contribution in [0.5, 0.6) is 0 Å². The Morgan fingerprint density at radius 3 is 2.76 bits per heavy atom. The molecule has 0 saturated carbocycles. The Morgan fingerprint density at radius 2 is 2.10 bits per heavy atom. The fourth-order valence-corrected chi connectivity index (χ4v) is 3.24. The van der Waals surface area contributed by atoms with Gasteiger partial charge in [-0.3, -0.25) is 0 Å². The average Bonchev–Trinajstić information content (AvgIpc) is 3.34. The molecule has 0 radical (unpaired) electrons. The Bertz CT molecular complexity index is 758. The van der Waals surface area contributed by atoms with E-state index in [4.69, 9.17) is 9.73 Å². The smallest absolute Gasteiger partial charge is 0.192 e. The van der Waals surface area contributed by atoms with E-state index in [-0.39, 0.29) is 30.1 Å². The summed E-state index contributed by atoms with van der Waals surface area (Å²) in [5.41, 5.74) is 1.36. The fourth-order valence-electron chi connectivity index (χ4n) is 3.24. The Hall–Kier alpha value is -1.68. The third-order valence-electron chi connectivity index (χ3n) is 5.17. The summed E-state index contributed by atoms with van der Waals surface area (Å²) < 4.78 is 7.70. The molecular formula is C21H33IN6O. The molecule has 29 heavy (non-hydrogen) atoms. The number of nitrogens with zero attached hydrogens (tertiary/aromatic N) is 4. The highest BCUT2D eigenvalue weighted by Gasteiger charge is 2.16. The summed E-state index contributed by atoms with van der Waals surface area (Å²) in [5.74, 6) is 2.55. The van der Waals surface area contributed by atoms with Crippen LogP contribution in [0.3, 0.4) is 0 Å². The van der Waals surface area contributed by atoms with Crippen LogP contribution < -0.4 is 10.6 Å². The predicted molar refractivity (Wildman–Crippen MR) is 127 cm³/mol. The number of halogens is 1. The molecule has 2 aromatic rings. The summed E-state index contributed by atoms with van der Waals surface area (Å²) in [6.07, 6.45) is 4.58. The summed E-state index contributed by atoms with van der Waals surface area (Å²) in [5, 5.41) is 15.3. The minimum atomic E-state index is 0. The minimum absolute atomic E-state index is 0. The fraction of sp³-hybridized carbons (Fsp3) is 0.571. The van der Waals surface area contributed by atoms with Crippen molar-refractivity contribution in [2.24, 2.45) is 12.0 Å². The van der Waals surface area contributed by atoms with Crippen LogP contribution in [0.2, 0.25) is 0 Å². The van der Waals surface area contributed by atoms with Gasteiger partial charge in [-0.25, -0.2) is 4.99 Å². The Labute approximate surface area is 190 Å². The van der Waals surface area contributed by atoms with Crippen molar-refractivity contribution >= 4 is 29.9 Å². The molecule has 1 aromatic carbocycles. The highest BCUT2D eigenvalue weighted by Crippen LogP contribution is 2.10. The molecule has 8 heteroatoms. The van der Waals surface area contributed by atoms with E-state index in [0.29, 0.717) is 12.6 Å². The van der Waals surface area contributed by atoms with Crippen LogP contribution in [0.25, 0.3) is 0 Å². The number of aryl methyl sites for hydroxylation is 2. The molecule has 0 bridgehead atoms. The minimum Gasteiger partial charge on any atom is -0.376 e. The number of hydrogen-bond donors (Lipinski definition) is 2. The van der Waals surface area contributed by atoms with E-state index >= 15 is 0 Å². The lowest BCUT2D eigenvalue weighted by atomic mass is 10.1. The monoisotopic (exact) mass is 512 g/mol. The largest absolute Gasteiger partial charge is 0.376 e. The van der Waals surface area contributed by atoms with Gasteiger partial charge in [0.05, 0.1) is 6.10 Å². The second-order valence-corrected chi connectivity index (χ2v) is 7.47. The Kier molecular flexibility index (Phi) is 9.86. The van der Waals surface area contributed by atoms with Crippen LogP contribution >= 0.6 is 24.0 Å². The zero-order valence-corrected chi connectivity index (χ0v) is 19.9. The van der Waals surface area contributed by atoms with Crippen molar-refractivity contribution in [1.82, 2.24) is 25.4 Å². The molecule has 0 amide bonds. The van der Waals surface area contributed by atoms with Crippen LogP contribution in [0.1, 0.15) is 43.4 Å². The van der Waals surface area contributed by atoms with Crippen molar-refractivity contribution in [1.29, 1.82) is 0 Å². The van der Waals surface area contributed by atoms with Gasteiger partial charge in [0.25, 0.3) is 0 Å². The van der Waals surface area contributed by atoms with Gasteiger partial charge in [0.15, 0.2) is 11.8 Å². The number of aliphatic imine (C=N–C) groups is 1. The van der Waals surface area contributed by atoms with Gasteiger partial charge in [-0.15, -0.1) is 34.2 Å². The van der Waals surface area contributed by atoms with Crippen LogP contribution in [0, 0.1) is 6.92 Å². The quantitative estimate of drug-likeness (QED) is 0.323. The van der Waals surface area contributed by atoms with E-state index in [0.717, 1.165) is 56.4 Å². The maximum absolute atomic E-state index is 5.73. The van der Waals surface area contributed by atoms with Crippen molar-refractivity contribution < 1.29 is 4.74 Å². The van der Waals surface area contributed by atoms with E-state index in [1.54, 1.807) is 0 Å². The molecule has 1 aliphatic rings. The summed E-state index contributed by atoms with van der Waals surface area (Å²) in [6.45, 7) is 6.26. The normalized spacial score (nSPS) is 17.6. The first-order valence-corrected chi connectivity index (χ1v) is 10.2. The van der Waals surface area contributed by atoms with Gasteiger partial charge in [-0.05, 0) is 45.1 Å². The summed E-state index contributed by atoms with van der Waals surface area (Å²) in [7, 11) is 1.97. The number of benzene rings is 1. The van der Waals surface area contributed by atoms with E-state index < -0.39 is 0 Å². The third kappa shape index (κ3) is 7.58. The molecule has 2 atom stereocenters. The predicted octanol–water partition coefficient (Wildman–Crippen LogP) is 2.98. The topological polar surface area (TPSA) is 76.4 Å². The zero-order chi connectivity index (χ0) is 19.8. The van der Waals surface area contributed by atoms with Crippen molar-refractivity contribution in [3.05, 3.63) is 47.5 Å². The first-order valence-electron chi connectivity index (χ1n) is 10.2. The molecule has 7 nitrogen and oxygen atoms in total. The molecule has 2 N–H and O–H groups in total. The zero-order valence-electron chi connectivity index (χ0n) is 17.6. The molecule has 3 rings (SSSR count). The van der Waals surface area contributed by atoms with Crippen molar-refractivity contribution in [2.45, 2.75) is 58.2 Å². The SMILES string of the molecule is Cc1nnc(CN=C(NCC2CCCO2)NC(C)CCc2ccccc2)n1C.I. The summed E-state index contributed by atoms with van der Waals surface area (Å²) >= 11 is 0. The van der Waals surface area contributed by atoms with Crippen molar-refractivity contribution in [3.8, 4) is 0 Å². The number of hydrogen-bond acceptors (Lipinski definition) is 4. The first kappa shape index (κ1) is 23.6. The molecule has 1 aromatic heterocycles. The molecule has 160 valence electrons. The van der Waals surface area contributed by atoms with Crippen LogP contribution in [0.4, 0.5) is 0 Å². The Morgan fingerprint density at radius 1 is 1.31 bits per heavy atom. The number of ether oxygens (including phenoxy) is 1. The summed E-state index contributed by atoms with van der Waals surface area (Å²) in [4.78, 5) is 4.74. The molecular weight excluding hydrogens is 479 g/mol. The van der Waals surface area contributed by atoms with Gasteiger partial charge in [0, 0.05) is 26.2 Å². The van der Waals surface area contributed by atoms with Gasteiger partial charge in [0.1, 0.15) is 12.4 Å². The molecule has 2 heterocycles.